The largest absolute Gasteiger partial charge is 1.00 e. The standard InChI is InChI=1S/C19H19NOS.ClH/c1-2-5-17(6-3-1)15-21-18-10-8-16(9-11-18)13-20-14-19-7-4-12-22-19;/h1-12,20H,13-15H2;1H/p-1. The van der Waals surface area contributed by atoms with Gasteiger partial charge in [0.2, 0.25) is 0 Å². The number of ether oxygens (including phenoxy) is 1. The quantitative estimate of drug-likeness (QED) is 0.703. The van der Waals surface area contributed by atoms with E-state index in [9.17, 15) is 0 Å². The van der Waals surface area contributed by atoms with E-state index in [1.165, 1.54) is 16.0 Å². The lowest BCUT2D eigenvalue weighted by atomic mass is 10.2. The molecule has 0 bridgehead atoms. The van der Waals surface area contributed by atoms with E-state index in [4.69, 9.17) is 4.74 Å². The number of thiophene rings is 1. The first kappa shape index (κ1) is 17.5. The smallest absolute Gasteiger partial charge is 0.119 e. The molecule has 0 radical (unpaired) electrons. The molecule has 3 aromatic rings. The minimum Gasteiger partial charge on any atom is -1.00 e. The van der Waals surface area contributed by atoms with Crippen LogP contribution in [-0.2, 0) is 19.7 Å². The third-order valence-electron chi connectivity index (χ3n) is 3.38. The highest BCUT2D eigenvalue weighted by atomic mass is 35.5. The summed E-state index contributed by atoms with van der Waals surface area (Å²) >= 11 is 1.78. The molecule has 0 fully saturated rings. The number of hydrogen-bond donors (Lipinski definition) is 1. The molecule has 2 aromatic carbocycles. The molecular weight excluding hydrogens is 326 g/mol. The van der Waals surface area contributed by atoms with Gasteiger partial charge in [0.05, 0.1) is 0 Å². The van der Waals surface area contributed by atoms with Crippen LogP contribution in [0.4, 0.5) is 0 Å². The fourth-order valence-electron chi connectivity index (χ4n) is 2.19. The van der Waals surface area contributed by atoms with Gasteiger partial charge in [0.25, 0.3) is 0 Å². The average Bonchev–Trinajstić information content (AvgIpc) is 3.08. The van der Waals surface area contributed by atoms with Crippen LogP contribution in [0.25, 0.3) is 0 Å². The SMILES string of the molecule is [Cl-].c1ccc(COc2ccc(CNCc3cccs3)cc2)cc1. The van der Waals surface area contributed by atoms with E-state index < -0.39 is 0 Å². The lowest BCUT2D eigenvalue weighted by Gasteiger charge is -2.08. The lowest BCUT2D eigenvalue weighted by molar-refractivity contribution is -0.00000471. The molecule has 1 aromatic heterocycles. The number of nitrogens with one attached hydrogen (secondary N) is 1. The summed E-state index contributed by atoms with van der Waals surface area (Å²) < 4.78 is 5.79. The van der Waals surface area contributed by atoms with Crippen LogP contribution in [0.2, 0.25) is 0 Å². The Bertz CT molecular complexity index is 668. The molecule has 4 heteroatoms. The Morgan fingerprint density at radius 1 is 0.783 bits per heavy atom. The van der Waals surface area contributed by atoms with Gasteiger partial charge in [-0.1, -0.05) is 48.5 Å². The second-order valence-corrected chi connectivity index (χ2v) is 6.13. The number of benzene rings is 2. The summed E-state index contributed by atoms with van der Waals surface area (Å²) in [5.41, 5.74) is 2.45. The van der Waals surface area contributed by atoms with Crippen molar-refractivity contribution in [2.45, 2.75) is 19.7 Å². The van der Waals surface area contributed by atoms with Gasteiger partial charge in [-0.05, 0) is 34.7 Å². The van der Waals surface area contributed by atoms with E-state index in [-0.39, 0.29) is 12.4 Å². The predicted molar refractivity (Wildman–Crippen MR) is 92.1 cm³/mol. The van der Waals surface area contributed by atoms with Crippen LogP contribution in [0.1, 0.15) is 16.0 Å². The summed E-state index contributed by atoms with van der Waals surface area (Å²) in [7, 11) is 0. The summed E-state index contributed by atoms with van der Waals surface area (Å²) in [5, 5.41) is 5.56. The van der Waals surface area contributed by atoms with Gasteiger partial charge in [-0.15, -0.1) is 11.3 Å². The Morgan fingerprint density at radius 3 is 2.26 bits per heavy atom. The van der Waals surface area contributed by atoms with Gasteiger partial charge in [-0.25, -0.2) is 0 Å². The summed E-state index contributed by atoms with van der Waals surface area (Å²) in [6, 6.07) is 22.7. The van der Waals surface area contributed by atoms with Crippen LogP contribution in [-0.4, -0.2) is 0 Å². The minimum absolute atomic E-state index is 0. The molecule has 0 atom stereocenters. The molecule has 0 aliphatic carbocycles. The summed E-state index contributed by atoms with van der Waals surface area (Å²) in [6.07, 6.45) is 0. The second kappa shape index (κ2) is 9.36. The van der Waals surface area contributed by atoms with Crippen LogP contribution in [0.5, 0.6) is 5.75 Å². The zero-order valence-electron chi connectivity index (χ0n) is 12.7. The number of rotatable bonds is 7. The van der Waals surface area contributed by atoms with Gasteiger partial charge in [-0.3, -0.25) is 0 Å². The van der Waals surface area contributed by atoms with Crippen molar-refractivity contribution in [2.75, 3.05) is 0 Å². The van der Waals surface area contributed by atoms with E-state index in [1.54, 1.807) is 11.3 Å². The Balaban J connectivity index is 0.00000192. The van der Waals surface area contributed by atoms with Crippen LogP contribution >= 0.6 is 11.3 Å². The van der Waals surface area contributed by atoms with Crippen molar-refractivity contribution in [3.8, 4) is 5.75 Å². The van der Waals surface area contributed by atoms with Gasteiger partial charge in [0.15, 0.2) is 0 Å². The van der Waals surface area contributed by atoms with Crippen molar-refractivity contribution in [3.63, 3.8) is 0 Å². The molecule has 0 aliphatic heterocycles. The van der Waals surface area contributed by atoms with Crippen molar-refractivity contribution in [3.05, 3.63) is 88.1 Å². The van der Waals surface area contributed by atoms with Crippen LogP contribution < -0.4 is 22.5 Å². The van der Waals surface area contributed by atoms with E-state index in [0.717, 1.165) is 18.8 Å². The van der Waals surface area contributed by atoms with Gasteiger partial charge in [0.1, 0.15) is 12.4 Å². The monoisotopic (exact) mass is 344 g/mol. The third-order valence-corrected chi connectivity index (χ3v) is 4.26. The molecule has 0 amide bonds. The molecule has 0 saturated carbocycles. The van der Waals surface area contributed by atoms with E-state index in [2.05, 4.69) is 47.1 Å². The van der Waals surface area contributed by atoms with Crippen LogP contribution in [0.3, 0.4) is 0 Å². The van der Waals surface area contributed by atoms with Gasteiger partial charge < -0.3 is 22.5 Å². The molecule has 0 aliphatic rings. The predicted octanol–water partition coefficient (Wildman–Crippen LogP) is 1.62. The summed E-state index contributed by atoms with van der Waals surface area (Å²) in [4.78, 5) is 1.36. The van der Waals surface area contributed by atoms with Gasteiger partial charge in [-0.2, -0.15) is 0 Å². The van der Waals surface area contributed by atoms with Crippen molar-refractivity contribution >= 4 is 11.3 Å². The maximum Gasteiger partial charge on any atom is 0.119 e. The molecule has 23 heavy (non-hydrogen) atoms. The Hall–Kier alpha value is -1.81. The molecule has 1 heterocycles. The van der Waals surface area contributed by atoms with Crippen LogP contribution in [0.15, 0.2) is 72.1 Å². The molecule has 0 spiro atoms. The highest BCUT2D eigenvalue weighted by molar-refractivity contribution is 7.09. The van der Waals surface area contributed by atoms with Crippen LogP contribution in [0, 0.1) is 0 Å². The van der Waals surface area contributed by atoms with Gasteiger partial charge >= 0.3 is 0 Å². The Kier molecular flexibility index (Phi) is 7.14. The van der Waals surface area contributed by atoms with E-state index in [0.29, 0.717) is 6.61 Å². The second-order valence-electron chi connectivity index (χ2n) is 5.10. The highest BCUT2D eigenvalue weighted by Crippen LogP contribution is 2.14. The van der Waals surface area contributed by atoms with Crippen molar-refractivity contribution < 1.29 is 17.1 Å². The van der Waals surface area contributed by atoms with Crippen molar-refractivity contribution in [2.24, 2.45) is 0 Å². The highest BCUT2D eigenvalue weighted by Gasteiger charge is 1.98. The molecule has 3 rings (SSSR count). The fraction of sp³-hybridized carbons (Fsp3) is 0.158. The van der Waals surface area contributed by atoms with Crippen molar-refractivity contribution in [1.29, 1.82) is 0 Å². The first-order valence-corrected chi connectivity index (χ1v) is 8.27. The van der Waals surface area contributed by atoms with E-state index in [1.807, 2.05) is 30.3 Å². The first-order chi connectivity index (χ1) is 10.9. The number of halogens is 1. The number of hydrogen-bond acceptors (Lipinski definition) is 3. The molecular formula is C19H19ClNOS-. The van der Waals surface area contributed by atoms with Gasteiger partial charge in [0, 0.05) is 18.0 Å². The van der Waals surface area contributed by atoms with Crippen molar-refractivity contribution in [1.82, 2.24) is 5.32 Å². The summed E-state index contributed by atoms with van der Waals surface area (Å²) in [6.45, 7) is 2.40. The normalized spacial score (nSPS) is 10.1. The first-order valence-electron chi connectivity index (χ1n) is 7.39. The summed E-state index contributed by atoms with van der Waals surface area (Å²) in [5.74, 6) is 0.908. The minimum atomic E-state index is 0. The molecule has 120 valence electrons. The maximum atomic E-state index is 5.79. The van der Waals surface area contributed by atoms with E-state index >= 15 is 0 Å². The zero-order chi connectivity index (χ0) is 15.0. The lowest BCUT2D eigenvalue weighted by Crippen LogP contribution is -3.00. The molecule has 0 unspecified atom stereocenters. The Morgan fingerprint density at radius 2 is 1.57 bits per heavy atom. The molecule has 2 nitrogen and oxygen atoms in total. The topological polar surface area (TPSA) is 21.3 Å². The third kappa shape index (κ3) is 5.71. The molecule has 1 N–H and O–H groups in total. The Labute approximate surface area is 147 Å². The fourth-order valence-corrected chi connectivity index (χ4v) is 2.86. The maximum absolute atomic E-state index is 5.79. The average molecular weight is 345 g/mol. The zero-order valence-corrected chi connectivity index (χ0v) is 14.3. The molecule has 0 saturated heterocycles.